The topological polar surface area (TPSA) is 8.81 Å². The van der Waals surface area contributed by atoms with Crippen LogP contribution in [-0.2, 0) is 13.1 Å². The number of imidazole rings is 1. The van der Waals surface area contributed by atoms with Crippen LogP contribution >= 0.6 is 15.9 Å². The molecule has 1 aromatic heterocycles. The van der Waals surface area contributed by atoms with Gasteiger partial charge in [-0.1, -0.05) is 101 Å². The zero-order chi connectivity index (χ0) is 25.5. The molecule has 7 aromatic rings. The van der Waals surface area contributed by atoms with Gasteiger partial charge in [-0.25, -0.2) is 9.13 Å². The van der Waals surface area contributed by atoms with E-state index in [4.69, 9.17) is 0 Å². The lowest BCUT2D eigenvalue weighted by atomic mass is 10.1. The second-order valence-electron chi connectivity index (χ2n) is 9.85. The monoisotopic (exact) mass is 553 g/mol. The molecule has 0 saturated carbocycles. The van der Waals surface area contributed by atoms with Crippen LogP contribution in [0.25, 0.3) is 44.0 Å². The van der Waals surface area contributed by atoms with E-state index in [1.54, 1.807) is 0 Å². The Morgan fingerprint density at radius 2 is 1.13 bits per heavy atom. The molecule has 0 aliphatic heterocycles. The van der Waals surface area contributed by atoms with Crippen LogP contribution in [0, 0.1) is 0 Å². The molecule has 0 aliphatic rings. The first-order valence-electron chi connectivity index (χ1n) is 13.0. The van der Waals surface area contributed by atoms with Gasteiger partial charge in [-0.05, 0) is 81.2 Å². The van der Waals surface area contributed by atoms with E-state index in [0.717, 1.165) is 17.6 Å². The zero-order valence-corrected chi connectivity index (χ0v) is 22.5. The molecule has 0 bridgehead atoms. The third-order valence-corrected chi connectivity index (χ3v) is 7.91. The highest BCUT2D eigenvalue weighted by Crippen LogP contribution is 2.28. The van der Waals surface area contributed by atoms with Gasteiger partial charge in [0.05, 0.1) is 5.56 Å². The molecule has 6 aromatic carbocycles. The first-order chi connectivity index (χ1) is 18.7. The first kappa shape index (κ1) is 22.9. The number of rotatable bonds is 5. The Balaban J connectivity index is 1.43. The van der Waals surface area contributed by atoms with Crippen LogP contribution in [0.2, 0.25) is 0 Å². The number of hydrogen-bond acceptors (Lipinski definition) is 0. The normalized spacial score (nSPS) is 11.5. The maximum absolute atomic E-state index is 3.63. The third-order valence-electron chi connectivity index (χ3n) is 7.39. The summed E-state index contributed by atoms with van der Waals surface area (Å²) in [5.74, 6) is 1.21. The van der Waals surface area contributed by atoms with E-state index in [0.29, 0.717) is 0 Å². The van der Waals surface area contributed by atoms with Gasteiger partial charge in [0.1, 0.15) is 13.1 Å². The highest BCUT2D eigenvalue weighted by molar-refractivity contribution is 9.10. The van der Waals surface area contributed by atoms with Gasteiger partial charge in [-0.15, -0.1) is 0 Å². The van der Waals surface area contributed by atoms with Crippen molar-refractivity contribution in [2.24, 2.45) is 0 Å². The van der Waals surface area contributed by atoms with E-state index >= 15 is 0 Å². The van der Waals surface area contributed by atoms with Crippen LogP contribution in [0.4, 0.5) is 0 Å². The average molecular weight is 555 g/mol. The van der Waals surface area contributed by atoms with Gasteiger partial charge in [0, 0.05) is 4.47 Å². The van der Waals surface area contributed by atoms with Gasteiger partial charge in [0.25, 0.3) is 5.82 Å². The van der Waals surface area contributed by atoms with E-state index in [9.17, 15) is 0 Å². The first-order valence-corrected chi connectivity index (χ1v) is 13.7. The summed E-state index contributed by atoms with van der Waals surface area (Å²) >= 11 is 3.63. The van der Waals surface area contributed by atoms with E-state index in [1.165, 1.54) is 55.1 Å². The second kappa shape index (κ2) is 9.59. The molecular weight excluding hydrogens is 528 g/mol. The Bertz CT molecular complexity index is 1810. The van der Waals surface area contributed by atoms with Crippen LogP contribution in [0.3, 0.4) is 0 Å². The quantitative estimate of drug-likeness (QED) is 0.188. The third kappa shape index (κ3) is 4.19. The molecule has 3 heteroatoms. The van der Waals surface area contributed by atoms with Crippen LogP contribution in [0.1, 0.15) is 11.1 Å². The number of para-hydroxylation sites is 2. The number of hydrogen-bond donors (Lipinski definition) is 0. The van der Waals surface area contributed by atoms with Gasteiger partial charge >= 0.3 is 0 Å². The molecule has 0 radical (unpaired) electrons. The fourth-order valence-corrected chi connectivity index (χ4v) is 5.83. The number of halogens is 1. The van der Waals surface area contributed by atoms with Crippen molar-refractivity contribution in [1.82, 2.24) is 4.57 Å². The summed E-state index contributed by atoms with van der Waals surface area (Å²) in [5, 5.41) is 5.09. The Kier molecular flexibility index (Phi) is 5.79. The maximum atomic E-state index is 3.63. The number of aromatic nitrogens is 2. The van der Waals surface area contributed by atoms with Gasteiger partial charge in [-0.2, -0.15) is 0 Å². The molecule has 0 spiro atoms. The Hall–Kier alpha value is -4.21. The lowest BCUT2D eigenvalue weighted by Gasteiger charge is -2.08. The number of fused-ring (bicyclic) bond motifs is 3. The summed E-state index contributed by atoms with van der Waals surface area (Å²) in [4.78, 5) is 0. The molecule has 2 nitrogen and oxygen atoms in total. The molecule has 1 heterocycles. The Morgan fingerprint density at radius 3 is 1.84 bits per heavy atom. The van der Waals surface area contributed by atoms with Gasteiger partial charge in [0.15, 0.2) is 11.0 Å². The SMILES string of the molecule is Brc1ccc(-c2n(Cc3ccc4ccccc4c3)c3ccccc3[n+]2Cc2ccc3ccccc3c2)cc1. The van der Waals surface area contributed by atoms with Crippen LogP contribution < -0.4 is 4.57 Å². The van der Waals surface area contributed by atoms with Gasteiger partial charge < -0.3 is 0 Å². The Morgan fingerprint density at radius 1 is 0.553 bits per heavy atom. The van der Waals surface area contributed by atoms with Crippen molar-refractivity contribution in [3.05, 3.63) is 149 Å². The minimum atomic E-state index is 0.793. The van der Waals surface area contributed by atoms with E-state index in [2.05, 4.69) is 159 Å². The molecule has 38 heavy (non-hydrogen) atoms. The van der Waals surface area contributed by atoms with Crippen molar-refractivity contribution < 1.29 is 4.57 Å². The van der Waals surface area contributed by atoms with Crippen LogP contribution in [0.15, 0.2) is 138 Å². The minimum Gasteiger partial charge on any atom is -0.219 e. The molecule has 0 saturated heterocycles. The molecule has 0 N–H and O–H groups in total. The fraction of sp³-hybridized carbons (Fsp3) is 0.0571. The molecule has 182 valence electrons. The highest BCUT2D eigenvalue weighted by atomic mass is 79.9. The highest BCUT2D eigenvalue weighted by Gasteiger charge is 2.27. The van der Waals surface area contributed by atoms with Crippen molar-refractivity contribution >= 4 is 48.5 Å². The fourth-order valence-electron chi connectivity index (χ4n) is 5.56. The molecule has 7 rings (SSSR count). The van der Waals surface area contributed by atoms with E-state index in [1.807, 2.05) is 0 Å². The van der Waals surface area contributed by atoms with Crippen molar-refractivity contribution in [3.63, 3.8) is 0 Å². The molecular formula is C35H26BrN2+. The molecule has 0 unspecified atom stereocenters. The lowest BCUT2D eigenvalue weighted by molar-refractivity contribution is -0.651. The van der Waals surface area contributed by atoms with E-state index < -0.39 is 0 Å². The second-order valence-corrected chi connectivity index (χ2v) is 10.8. The summed E-state index contributed by atoms with van der Waals surface area (Å²) in [7, 11) is 0. The predicted octanol–water partition coefficient (Wildman–Crippen LogP) is 8.76. The summed E-state index contributed by atoms with van der Waals surface area (Å²) < 4.78 is 6.03. The maximum Gasteiger partial charge on any atom is 0.290 e. The van der Waals surface area contributed by atoms with Crippen molar-refractivity contribution in [3.8, 4) is 11.4 Å². The molecule has 0 fully saturated rings. The van der Waals surface area contributed by atoms with Crippen molar-refractivity contribution in [1.29, 1.82) is 0 Å². The van der Waals surface area contributed by atoms with Crippen molar-refractivity contribution in [2.75, 3.05) is 0 Å². The summed E-state index contributed by atoms with van der Waals surface area (Å²) in [6, 6.07) is 48.3. The standard InChI is InChI=1S/C35H26BrN2/c36-32-19-17-29(18-20-32)35-37(23-25-13-15-27-7-1-3-9-30(27)21-25)33-11-5-6-12-34(33)38(35)24-26-14-16-28-8-2-4-10-31(28)22-26/h1-22H,23-24H2/q+1. The minimum absolute atomic E-state index is 0.793. The predicted molar refractivity (Wildman–Crippen MR) is 161 cm³/mol. The van der Waals surface area contributed by atoms with Gasteiger partial charge in [-0.3, -0.25) is 0 Å². The average Bonchev–Trinajstić information content (AvgIpc) is 3.26. The van der Waals surface area contributed by atoms with E-state index in [-0.39, 0.29) is 0 Å². The van der Waals surface area contributed by atoms with Crippen LogP contribution in [0.5, 0.6) is 0 Å². The largest absolute Gasteiger partial charge is 0.290 e. The van der Waals surface area contributed by atoms with Crippen molar-refractivity contribution in [2.45, 2.75) is 13.1 Å². The van der Waals surface area contributed by atoms with Gasteiger partial charge in [0.2, 0.25) is 0 Å². The van der Waals surface area contributed by atoms with Crippen LogP contribution in [-0.4, -0.2) is 4.57 Å². The molecule has 0 amide bonds. The Labute approximate surface area is 230 Å². The lowest BCUT2D eigenvalue weighted by Crippen LogP contribution is -2.36. The smallest absolute Gasteiger partial charge is 0.219 e. The zero-order valence-electron chi connectivity index (χ0n) is 20.9. The number of benzene rings is 6. The summed E-state index contributed by atoms with van der Waals surface area (Å²) in [5.41, 5.74) is 6.26. The molecule has 0 aliphatic carbocycles. The number of nitrogens with zero attached hydrogens (tertiary/aromatic N) is 2. The molecule has 0 atom stereocenters. The summed E-state index contributed by atoms with van der Waals surface area (Å²) in [6.07, 6.45) is 0. The summed E-state index contributed by atoms with van der Waals surface area (Å²) in [6.45, 7) is 1.59.